The van der Waals surface area contributed by atoms with E-state index in [2.05, 4.69) is 21.2 Å². The summed E-state index contributed by atoms with van der Waals surface area (Å²) in [5.41, 5.74) is 4.19. The predicted molar refractivity (Wildman–Crippen MR) is 113 cm³/mol. The number of para-hydroxylation sites is 1. The number of hydrogen-bond acceptors (Lipinski definition) is 3. The number of carbonyl (C=O) groups is 1. The lowest BCUT2D eigenvalue weighted by Gasteiger charge is -2.20. The Morgan fingerprint density at radius 2 is 1.93 bits per heavy atom. The second-order valence-electron chi connectivity index (χ2n) is 6.60. The Kier molecular flexibility index (Phi) is 7.39. The van der Waals surface area contributed by atoms with Crippen LogP contribution in [0, 0.1) is 20.8 Å². The SMILES string of the molecule is CCc1cccc(C)c1NC(=O)c1c(C)n(CCCOC)c(C)c(Br)c1=O. The molecule has 27 heavy (non-hydrogen) atoms. The Labute approximate surface area is 168 Å². The van der Waals surface area contributed by atoms with Gasteiger partial charge in [-0.1, -0.05) is 25.1 Å². The van der Waals surface area contributed by atoms with Gasteiger partial charge in [0.1, 0.15) is 5.56 Å². The summed E-state index contributed by atoms with van der Waals surface area (Å²) in [6.07, 6.45) is 1.60. The summed E-state index contributed by atoms with van der Waals surface area (Å²) in [7, 11) is 1.66. The second kappa shape index (κ2) is 9.33. The molecule has 0 radical (unpaired) electrons. The third kappa shape index (κ3) is 4.50. The first-order valence-corrected chi connectivity index (χ1v) is 9.91. The predicted octanol–water partition coefficient (Wildman–Crippen LogP) is 4.39. The fourth-order valence-corrected chi connectivity index (χ4v) is 3.70. The topological polar surface area (TPSA) is 60.3 Å². The lowest BCUT2D eigenvalue weighted by atomic mass is 10.0. The largest absolute Gasteiger partial charge is 0.385 e. The molecule has 2 aromatic rings. The zero-order valence-corrected chi connectivity index (χ0v) is 18.2. The Morgan fingerprint density at radius 1 is 1.22 bits per heavy atom. The van der Waals surface area contributed by atoms with Crippen LogP contribution in [0.25, 0.3) is 0 Å². The maximum Gasteiger partial charge on any atom is 0.261 e. The van der Waals surface area contributed by atoms with Crippen LogP contribution in [0.2, 0.25) is 0 Å². The van der Waals surface area contributed by atoms with Crippen LogP contribution in [0.3, 0.4) is 0 Å². The van der Waals surface area contributed by atoms with Gasteiger partial charge in [0.05, 0.1) is 4.47 Å². The number of benzene rings is 1. The van der Waals surface area contributed by atoms with Gasteiger partial charge in [-0.25, -0.2) is 0 Å². The average molecular weight is 435 g/mol. The molecule has 146 valence electrons. The minimum atomic E-state index is -0.373. The molecule has 0 saturated carbocycles. The van der Waals surface area contributed by atoms with Crippen LogP contribution in [0.15, 0.2) is 27.5 Å². The van der Waals surface area contributed by atoms with Crippen molar-refractivity contribution in [1.82, 2.24) is 4.57 Å². The molecular weight excluding hydrogens is 408 g/mol. The first-order chi connectivity index (χ1) is 12.8. The number of hydrogen-bond donors (Lipinski definition) is 1. The first kappa shape index (κ1) is 21.4. The fraction of sp³-hybridized carbons (Fsp3) is 0.429. The summed E-state index contributed by atoms with van der Waals surface area (Å²) >= 11 is 3.38. The Balaban J connectivity index is 2.49. The Hall–Kier alpha value is -1.92. The van der Waals surface area contributed by atoms with Crippen LogP contribution in [-0.4, -0.2) is 24.2 Å². The zero-order valence-electron chi connectivity index (χ0n) is 16.6. The third-order valence-corrected chi connectivity index (χ3v) is 5.79. The molecule has 5 nitrogen and oxygen atoms in total. The molecule has 1 amide bonds. The van der Waals surface area contributed by atoms with Gasteiger partial charge in [-0.2, -0.15) is 0 Å². The lowest BCUT2D eigenvalue weighted by Crippen LogP contribution is -2.29. The zero-order chi connectivity index (χ0) is 20.1. The fourth-order valence-electron chi connectivity index (χ4n) is 3.29. The summed E-state index contributed by atoms with van der Waals surface area (Å²) in [5, 5.41) is 2.97. The number of nitrogens with zero attached hydrogens (tertiary/aromatic N) is 1. The van der Waals surface area contributed by atoms with E-state index < -0.39 is 0 Å². The number of aryl methyl sites for hydroxylation is 2. The number of ether oxygens (including phenoxy) is 1. The molecule has 1 heterocycles. The van der Waals surface area contributed by atoms with Crippen LogP contribution in [0.5, 0.6) is 0 Å². The number of methoxy groups -OCH3 is 1. The monoisotopic (exact) mass is 434 g/mol. The number of carbonyl (C=O) groups excluding carboxylic acids is 1. The van der Waals surface area contributed by atoms with E-state index in [0.29, 0.717) is 23.3 Å². The van der Waals surface area contributed by atoms with Gasteiger partial charge in [0.15, 0.2) is 0 Å². The molecule has 6 heteroatoms. The molecular formula is C21H27BrN2O3. The van der Waals surface area contributed by atoms with Crippen LogP contribution >= 0.6 is 15.9 Å². The lowest BCUT2D eigenvalue weighted by molar-refractivity contribution is 0.102. The van der Waals surface area contributed by atoms with E-state index in [1.807, 2.05) is 50.5 Å². The van der Waals surface area contributed by atoms with Crippen LogP contribution in [0.1, 0.15) is 46.2 Å². The van der Waals surface area contributed by atoms with Crippen molar-refractivity contribution in [2.24, 2.45) is 0 Å². The van der Waals surface area contributed by atoms with E-state index in [1.165, 1.54) is 0 Å². The highest BCUT2D eigenvalue weighted by Crippen LogP contribution is 2.23. The number of aromatic nitrogens is 1. The summed E-state index contributed by atoms with van der Waals surface area (Å²) < 4.78 is 7.55. The van der Waals surface area contributed by atoms with Gasteiger partial charge in [-0.3, -0.25) is 9.59 Å². The summed E-state index contributed by atoms with van der Waals surface area (Å²) in [6.45, 7) is 8.99. The van der Waals surface area contributed by atoms with Crippen molar-refractivity contribution in [1.29, 1.82) is 0 Å². The molecule has 0 aliphatic rings. The van der Waals surface area contributed by atoms with Crippen LogP contribution in [-0.2, 0) is 17.7 Å². The number of nitrogens with one attached hydrogen (secondary N) is 1. The van der Waals surface area contributed by atoms with Crippen molar-refractivity contribution < 1.29 is 9.53 Å². The number of pyridine rings is 1. The highest BCUT2D eigenvalue weighted by atomic mass is 79.9. The quantitative estimate of drug-likeness (QED) is 0.657. The molecule has 2 rings (SSSR count). The molecule has 1 aromatic carbocycles. The van der Waals surface area contributed by atoms with E-state index in [0.717, 1.165) is 35.3 Å². The highest BCUT2D eigenvalue weighted by Gasteiger charge is 2.22. The number of rotatable bonds is 7. The van der Waals surface area contributed by atoms with Crippen molar-refractivity contribution in [3.8, 4) is 0 Å². The first-order valence-electron chi connectivity index (χ1n) is 9.11. The molecule has 0 bridgehead atoms. The minimum absolute atomic E-state index is 0.176. The third-order valence-electron chi connectivity index (χ3n) is 4.85. The maximum absolute atomic E-state index is 13.1. The number of anilines is 1. The standard InChI is InChI=1S/C21H27BrN2O3/c1-6-16-10-7-9-13(2)19(16)23-21(26)17-14(3)24(11-8-12-27-5)15(4)18(22)20(17)25/h7,9-10H,6,8,11-12H2,1-5H3,(H,23,26). The van der Waals surface area contributed by atoms with Crippen molar-refractivity contribution in [3.63, 3.8) is 0 Å². The van der Waals surface area contributed by atoms with Crippen LogP contribution in [0.4, 0.5) is 5.69 Å². The molecule has 0 spiro atoms. The van der Waals surface area contributed by atoms with E-state index in [1.54, 1.807) is 7.11 Å². The second-order valence-corrected chi connectivity index (χ2v) is 7.40. The smallest absolute Gasteiger partial charge is 0.261 e. The molecule has 1 aromatic heterocycles. The number of halogens is 1. The Bertz CT molecular complexity index is 903. The summed E-state index contributed by atoms with van der Waals surface area (Å²) in [5.74, 6) is -0.373. The number of amides is 1. The minimum Gasteiger partial charge on any atom is -0.385 e. The van der Waals surface area contributed by atoms with Crippen molar-refractivity contribution in [2.45, 2.75) is 47.1 Å². The molecule has 0 atom stereocenters. The van der Waals surface area contributed by atoms with Crippen LogP contribution < -0.4 is 10.7 Å². The molecule has 0 aliphatic heterocycles. The van der Waals surface area contributed by atoms with Crippen molar-refractivity contribution in [3.05, 3.63) is 61.0 Å². The van der Waals surface area contributed by atoms with E-state index in [9.17, 15) is 9.59 Å². The molecule has 0 aliphatic carbocycles. The van der Waals surface area contributed by atoms with Gasteiger partial charge >= 0.3 is 0 Å². The van der Waals surface area contributed by atoms with Gasteiger partial charge in [-0.15, -0.1) is 0 Å². The van der Waals surface area contributed by atoms with E-state index >= 15 is 0 Å². The maximum atomic E-state index is 13.1. The van der Waals surface area contributed by atoms with Gasteiger partial charge in [0.25, 0.3) is 5.91 Å². The Morgan fingerprint density at radius 3 is 2.56 bits per heavy atom. The molecule has 0 saturated heterocycles. The summed E-state index contributed by atoms with van der Waals surface area (Å²) in [6, 6.07) is 5.92. The van der Waals surface area contributed by atoms with Gasteiger partial charge < -0.3 is 14.6 Å². The normalized spacial score (nSPS) is 10.9. The van der Waals surface area contributed by atoms with Gasteiger partial charge in [-0.05, 0) is 60.7 Å². The van der Waals surface area contributed by atoms with Crippen molar-refractivity contribution in [2.75, 3.05) is 19.0 Å². The van der Waals surface area contributed by atoms with E-state index in [-0.39, 0.29) is 16.9 Å². The van der Waals surface area contributed by atoms with Gasteiger partial charge in [0.2, 0.25) is 5.43 Å². The summed E-state index contributed by atoms with van der Waals surface area (Å²) in [4.78, 5) is 25.9. The van der Waals surface area contributed by atoms with E-state index in [4.69, 9.17) is 4.74 Å². The van der Waals surface area contributed by atoms with Crippen molar-refractivity contribution >= 4 is 27.5 Å². The molecule has 1 N–H and O–H groups in total. The molecule has 0 unspecified atom stereocenters. The average Bonchev–Trinajstić information content (AvgIpc) is 2.64. The highest BCUT2D eigenvalue weighted by molar-refractivity contribution is 9.10. The van der Waals surface area contributed by atoms with Gasteiger partial charge in [0, 0.05) is 37.3 Å². The molecule has 0 fully saturated rings.